The Labute approximate surface area is 139 Å². The van der Waals surface area contributed by atoms with Crippen LogP contribution in [-0.4, -0.2) is 25.1 Å². The smallest absolute Gasteiger partial charge is 0.122 e. The summed E-state index contributed by atoms with van der Waals surface area (Å²) in [4.78, 5) is 2.55. The third-order valence-corrected chi connectivity index (χ3v) is 4.67. The Hall–Kier alpha value is -2.06. The lowest BCUT2D eigenvalue weighted by Gasteiger charge is -2.30. The second kappa shape index (κ2) is 7.47. The van der Waals surface area contributed by atoms with Crippen molar-refractivity contribution in [2.75, 3.05) is 20.2 Å². The molecule has 3 rings (SSSR count). The first kappa shape index (κ1) is 15.8. The molecule has 1 aliphatic heterocycles. The first-order valence-electron chi connectivity index (χ1n) is 8.32. The lowest BCUT2D eigenvalue weighted by Crippen LogP contribution is -2.31. The maximum absolute atomic E-state index is 5.51. The van der Waals surface area contributed by atoms with Gasteiger partial charge in [0.05, 0.1) is 7.11 Å². The van der Waals surface area contributed by atoms with Crippen molar-refractivity contribution >= 4 is 0 Å². The van der Waals surface area contributed by atoms with Gasteiger partial charge in [-0.25, -0.2) is 0 Å². The molecule has 0 aliphatic carbocycles. The van der Waals surface area contributed by atoms with Crippen molar-refractivity contribution in [1.29, 1.82) is 0 Å². The first-order chi connectivity index (χ1) is 11.3. The fraction of sp³-hybridized carbons (Fsp3) is 0.333. The van der Waals surface area contributed by atoms with Crippen molar-refractivity contribution in [2.24, 2.45) is 0 Å². The average molecular weight is 307 g/mol. The van der Waals surface area contributed by atoms with E-state index in [0.717, 1.165) is 38.2 Å². The zero-order chi connectivity index (χ0) is 16.1. The SMILES string of the molecule is COc1ccccc1CC1=C(C)CCN(Cc2ccccc2)C1. The molecule has 0 unspecified atom stereocenters. The minimum atomic E-state index is 0.987. The van der Waals surface area contributed by atoms with Gasteiger partial charge in [-0.05, 0) is 37.0 Å². The number of methoxy groups -OCH3 is 1. The lowest BCUT2D eigenvalue weighted by molar-refractivity contribution is 0.274. The number of ether oxygens (including phenoxy) is 1. The Kier molecular flexibility index (Phi) is 5.14. The molecule has 0 atom stereocenters. The Morgan fingerprint density at radius 2 is 1.74 bits per heavy atom. The molecule has 0 bridgehead atoms. The van der Waals surface area contributed by atoms with E-state index in [0.29, 0.717) is 0 Å². The zero-order valence-electron chi connectivity index (χ0n) is 14.1. The minimum absolute atomic E-state index is 0.987. The molecule has 0 N–H and O–H groups in total. The van der Waals surface area contributed by atoms with E-state index in [2.05, 4.69) is 60.4 Å². The van der Waals surface area contributed by atoms with Crippen LogP contribution in [-0.2, 0) is 13.0 Å². The van der Waals surface area contributed by atoms with E-state index in [1.807, 2.05) is 6.07 Å². The van der Waals surface area contributed by atoms with Gasteiger partial charge in [0, 0.05) is 19.6 Å². The van der Waals surface area contributed by atoms with Crippen molar-refractivity contribution < 1.29 is 4.74 Å². The summed E-state index contributed by atoms with van der Waals surface area (Å²) in [5.74, 6) is 0.994. The molecular formula is C21H25NO. The summed E-state index contributed by atoms with van der Waals surface area (Å²) in [6, 6.07) is 19.1. The molecule has 0 radical (unpaired) electrons. The second-order valence-electron chi connectivity index (χ2n) is 6.32. The molecule has 23 heavy (non-hydrogen) atoms. The molecule has 0 saturated heterocycles. The predicted octanol–water partition coefficient (Wildman–Crippen LogP) is 4.46. The number of para-hydroxylation sites is 1. The highest BCUT2D eigenvalue weighted by atomic mass is 16.5. The highest BCUT2D eigenvalue weighted by molar-refractivity contribution is 5.38. The molecular weight excluding hydrogens is 282 g/mol. The van der Waals surface area contributed by atoms with Gasteiger partial charge in [0.25, 0.3) is 0 Å². The number of hydrogen-bond acceptors (Lipinski definition) is 2. The molecule has 2 aromatic rings. The van der Waals surface area contributed by atoms with Gasteiger partial charge in [-0.2, -0.15) is 0 Å². The molecule has 2 heteroatoms. The number of nitrogens with zero attached hydrogens (tertiary/aromatic N) is 1. The molecule has 0 amide bonds. The van der Waals surface area contributed by atoms with Crippen LogP contribution in [0, 0.1) is 0 Å². The van der Waals surface area contributed by atoms with E-state index in [4.69, 9.17) is 4.74 Å². The van der Waals surface area contributed by atoms with Gasteiger partial charge >= 0.3 is 0 Å². The van der Waals surface area contributed by atoms with Crippen LogP contribution in [0.25, 0.3) is 0 Å². The van der Waals surface area contributed by atoms with Gasteiger partial charge in [0.1, 0.15) is 5.75 Å². The van der Waals surface area contributed by atoms with Gasteiger partial charge in [-0.3, -0.25) is 4.90 Å². The Bertz CT molecular complexity index is 675. The topological polar surface area (TPSA) is 12.5 Å². The third-order valence-electron chi connectivity index (χ3n) is 4.67. The van der Waals surface area contributed by atoms with E-state index < -0.39 is 0 Å². The zero-order valence-corrected chi connectivity index (χ0v) is 14.1. The van der Waals surface area contributed by atoms with Crippen LogP contribution in [0.15, 0.2) is 65.7 Å². The molecule has 1 aliphatic rings. The Morgan fingerprint density at radius 1 is 1.00 bits per heavy atom. The van der Waals surface area contributed by atoms with Gasteiger partial charge in [-0.15, -0.1) is 0 Å². The van der Waals surface area contributed by atoms with E-state index in [1.54, 1.807) is 12.7 Å². The molecule has 1 heterocycles. The number of rotatable bonds is 5. The van der Waals surface area contributed by atoms with Crippen molar-refractivity contribution in [1.82, 2.24) is 4.90 Å². The molecule has 0 fully saturated rings. The van der Waals surface area contributed by atoms with Crippen molar-refractivity contribution in [2.45, 2.75) is 26.3 Å². The summed E-state index contributed by atoms with van der Waals surface area (Å²) < 4.78 is 5.51. The highest BCUT2D eigenvalue weighted by Crippen LogP contribution is 2.26. The van der Waals surface area contributed by atoms with Crippen molar-refractivity contribution in [3.8, 4) is 5.75 Å². The summed E-state index contributed by atoms with van der Waals surface area (Å²) in [5.41, 5.74) is 5.76. The summed E-state index contributed by atoms with van der Waals surface area (Å²) in [6.07, 6.45) is 2.15. The fourth-order valence-electron chi connectivity index (χ4n) is 3.25. The van der Waals surface area contributed by atoms with Crippen LogP contribution in [0.2, 0.25) is 0 Å². The average Bonchev–Trinajstić information content (AvgIpc) is 2.59. The van der Waals surface area contributed by atoms with E-state index in [-0.39, 0.29) is 0 Å². The molecule has 0 spiro atoms. The monoisotopic (exact) mass is 307 g/mol. The standard InChI is InChI=1S/C21H25NO/c1-17-12-13-22(15-18-8-4-3-5-9-18)16-20(17)14-19-10-6-7-11-21(19)23-2/h3-11H,12-16H2,1-2H3. The van der Waals surface area contributed by atoms with Crippen LogP contribution in [0.4, 0.5) is 0 Å². The van der Waals surface area contributed by atoms with Crippen LogP contribution in [0.3, 0.4) is 0 Å². The lowest BCUT2D eigenvalue weighted by atomic mass is 9.94. The van der Waals surface area contributed by atoms with Crippen LogP contribution >= 0.6 is 0 Å². The first-order valence-corrected chi connectivity index (χ1v) is 8.32. The molecule has 0 aromatic heterocycles. The summed E-state index contributed by atoms with van der Waals surface area (Å²) in [5, 5.41) is 0. The van der Waals surface area contributed by atoms with Crippen LogP contribution < -0.4 is 4.74 Å². The highest BCUT2D eigenvalue weighted by Gasteiger charge is 2.18. The second-order valence-corrected chi connectivity index (χ2v) is 6.32. The van der Waals surface area contributed by atoms with Gasteiger partial charge < -0.3 is 4.74 Å². The van der Waals surface area contributed by atoms with Crippen LogP contribution in [0.1, 0.15) is 24.5 Å². The molecule has 0 saturated carbocycles. The summed E-state index contributed by atoms with van der Waals surface area (Å²) >= 11 is 0. The van der Waals surface area contributed by atoms with E-state index in [9.17, 15) is 0 Å². The molecule has 2 aromatic carbocycles. The summed E-state index contributed by atoms with van der Waals surface area (Å²) in [7, 11) is 1.75. The van der Waals surface area contributed by atoms with Gasteiger partial charge in [0.2, 0.25) is 0 Å². The van der Waals surface area contributed by atoms with Crippen molar-refractivity contribution in [3.05, 3.63) is 76.9 Å². The largest absolute Gasteiger partial charge is 0.496 e. The van der Waals surface area contributed by atoms with E-state index >= 15 is 0 Å². The van der Waals surface area contributed by atoms with Gasteiger partial charge in [0.15, 0.2) is 0 Å². The maximum Gasteiger partial charge on any atom is 0.122 e. The van der Waals surface area contributed by atoms with Crippen molar-refractivity contribution in [3.63, 3.8) is 0 Å². The third kappa shape index (κ3) is 4.02. The van der Waals surface area contributed by atoms with E-state index in [1.165, 1.54) is 16.7 Å². The normalized spacial score (nSPS) is 15.7. The molecule has 2 nitrogen and oxygen atoms in total. The van der Waals surface area contributed by atoms with Gasteiger partial charge in [-0.1, -0.05) is 59.7 Å². The molecule has 120 valence electrons. The van der Waals surface area contributed by atoms with Crippen LogP contribution in [0.5, 0.6) is 5.75 Å². The number of benzene rings is 2. The predicted molar refractivity (Wildman–Crippen MR) is 95.7 cm³/mol. The quantitative estimate of drug-likeness (QED) is 0.756. The minimum Gasteiger partial charge on any atom is -0.496 e. The Morgan fingerprint density at radius 3 is 2.52 bits per heavy atom. The number of hydrogen-bond donors (Lipinski definition) is 0. The summed E-state index contributed by atoms with van der Waals surface area (Å²) in [6.45, 7) is 5.52. The fourth-order valence-corrected chi connectivity index (χ4v) is 3.25. The Balaban J connectivity index is 1.71. The maximum atomic E-state index is 5.51.